The average molecular weight is 536 g/mol. The second kappa shape index (κ2) is 12.0. The Morgan fingerprint density at radius 2 is 1.89 bits per heavy atom. The van der Waals surface area contributed by atoms with Gasteiger partial charge in [0.05, 0.1) is 11.7 Å². The second-order valence-corrected chi connectivity index (χ2v) is 9.89. The van der Waals surface area contributed by atoms with Gasteiger partial charge < -0.3 is 21.1 Å². The zero-order chi connectivity index (χ0) is 26.5. The van der Waals surface area contributed by atoms with Crippen molar-refractivity contribution in [1.29, 1.82) is 0 Å². The number of aryl methyl sites for hydroxylation is 1. The van der Waals surface area contributed by atoms with E-state index in [9.17, 15) is 13.6 Å². The molecule has 200 valence electrons. The average Bonchev–Trinajstić information content (AvgIpc) is 3.00. The fourth-order valence-corrected chi connectivity index (χ4v) is 5.13. The van der Waals surface area contributed by atoms with Gasteiger partial charge in [0.15, 0.2) is 11.6 Å². The summed E-state index contributed by atoms with van der Waals surface area (Å²) in [5.74, 6) is -1.05. The highest BCUT2D eigenvalue weighted by Gasteiger charge is 2.30. The highest BCUT2D eigenvalue weighted by molar-refractivity contribution is 6.30. The van der Waals surface area contributed by atoms with Crippen molar-refractivity contribution in [3.05, 3.63) is 34.5 Å². The Morgan fingerprint density at radius 3 is 2.54 bits per heavy atom. The molecule has 0 spiro atoms. The van der Waals surface area contributed by atoms with Crippen LogP contribution in [0, 0.1) is 24.5 Å². The number of hydrogen-bond acceptors (Lipinski definition) is 5. The van der Waals surface area contributed by atoms with Crippen LogP contribution in [0.15, 0.2) is 22.1 Å². The largest absolute Gasteiger partial charge is 0.381 e. The summed E-state index contributed by atoms with van der Waals surface area (Å²) in [4.78, 5) is 25.1. The number of benzene rings is 1. The molecule has 2 fully saturated rings. The minimum absolute atomic E-state index is 0.0352. The van der Waals surface area contributed by atoms with Gasteiger partial charge >= 0.3 is 0 Å². The van der Waals surface area contributed by atoms with E-state index in [1.807, 2.05) is 4.57 Å². The zero-order valence-corrected chi connectivity index (χ0v) is 21.5. The summed E-state index contributed by atoms with van der Waals surface area (Å²) in [7, 11) is 0. The van der Waals surface area contributed by atoms with Crippen molar-refractivity contribution < 1.29 is 18.3 Å². The predicted molar refractivity (Wildman–Crippen MR) is 141 cm³/mol. The van der Waals surface area contributed by atoms with Gasteiger partial charge in [-0.1, -0.05) is 11.6 Å². The molecule has 0 bridgehead atoms. The molecule has 1 amide bonds. The molecule has 1 saturated heterocycles. The van der Waals surface area contributed by atoms with E-state index in [1.54, 1.807) is 6.92 Å². The fraction of sp³-hybridized carbons (Fsp3) is 0.520. The highest BCUT2D eigenvalue weighted by Crippen LogP contribution is 2.39. The quantitative estimate of drug-likeness (QED) is 0.350. The van der Waals surface area contributed by atoms with E-state index in [0.717, 1.165) is 31.4 Å². The third-order valence-corrected chi connectivity index (χ3v) is 7.12. The van der Waals surface area contributed by atoms with Crippen molar-refractivity contribution in [2.75, 3.05) is 23.8 Å². The molecule has 2 aromatic rings. The lowest BCUT2D eigenvalue weighted by Crippen LogP contribution is -2.29. The zero-order valence-electron chi connectivity index (χ0n) is 20.8. The van der Waals surface area contributed by atoms with Crippen LogP contribution in [-0.2, 0) is 9.53 Å². The SMILES string of the molecule is C=NC(=NC1CCCOCC1)Nc1c(C)nc(Nc2c(F)cc(Cl)cc2F)n1C1CCC(C(N)=O)CC1. The van der Waals surface area contributed by atoms with Crippen molar-refractivity contribution in [3.63, 3.8) is 0 Å². The lowest BCUT2D eigenvalue weighted by molar-refractivity contribution is -0.122. The smallest absolute Gasteiger partial charge is 0.223 e. The van der Waals surface area contributed by atoms with Gasteiger partial charge in [-0.15, -0.1) is 0 Å². The van der Waals surface area contributed by atoms with Gasteiger partial charge in [-0.3, -0.25) is 9.36 Å². The van der Waals surface area contributed by atoms with Crippen molar-refractivity contribution >= 4 is 47.6 Å². The number of carbonyl (C=O) groups is 1. The molecule has 1 aromatic heterocycles. The fourth-order valence-electron chi connectivity index (χ4n) is 4.94. The normalized spacial score (nSPS) is 22.8. The number of imidazole rings is 1. The number of primary amides is 1. The van der Waals surface area contributed by atoms with E-state index in [0.29, 0.717) is 56.4 Å². The molecule has 12 heteroatoms. The molecule has 1 aliphatic carbocycles. The first-order valence-electron chi connectivity index (χ1n) is 12.5. The van der Waals surface area contributed by atoms with Crippen LogP contribution < -0.4 is 16.4 Å². The number of aromatic nitrogens is 2. The van der Waals surface area contributed by atoms with Gasteiger partial charge in [-0.25, -0.2) is 23.7 Å². The molecule has 0 radical (unpaired) electrons. The Hall–Kier alpha value is -3.05. The van der Waals surface area contributed by atoms with Crippen LogP contribution in [0.2, 0.25) is 5.02 Å². The second-order valence-electron chi connectivity index (χ2n) is 9.45. The van der Waals surface area contributed by atoms with Crippen molar-refractivity contribution in [2.45, 2.75) is 64.0 Å². The van der Waals surface area contributed by atoms with Gasteiger partial charge in [0, 0.05) is 30.2 Å². The van der Waals surface area contributed by atoms with Crippen LogP contribution >= 0.6 is 11.6 Å². The Kier molecular flexibility index (Phi) is 8.75. The summed E-state index contributed by atoms with van der Waals surface area (Å²) in [6, 6.07) is 1.99. The number of hydrogen-bond donors (Lipinski definition) is 3. The summed E-state index contributed by atoms with van der Waals surface area (Å²) in [6.07, 6.45) is 5.02. The standard InChI is InChI=1S/C25H32ClF2N7O2/c1-14-23(34-24(30-2)32-17-4-3-10-37-11-9-17)35(18-7-5-15(6-8-18)22(29)36)25(31-14)33-21-19(27)12-16(26)13-20(21)28/h12-13,15,17-18H,2-11H2,1H3,(H2,29,36)(H,31,33)(H,32,34). The molecular weight excluding hydrogens is 504 g/mol. The van der Waals surface area contributed by atoms with Crippen LogP contribution in [-0.4, -0.2) is 47.4 Å². The van der Waals surface area contributed by atoms with Gasteiger partial charge in [0.2, 0.25) is 17.8 Å². The third-order valence-electron chi connectivity index (χ3n) is 6.90. The molecule has 1 saturated carbocycles. The van der Waals surface area contributed by atoms with Crippen LogP contribution in [0.25, 0.3) is 0 Å². The molecule has 4 N–H and O–H groups in total. The summed E-state index contributed by atoms with van der Waals surface area (Å²) >= 11 is 5.80. The van der Waals surface area contributed by atoms with Gasteiger partial charge in [0.1, 0.15) is 11.5 Å². The number of aliphatic imine (C=N–C) groups is 2. The van der Waals surface area contributed by atoms with E-state index in [1.165, 1.54) is 0 Å². The number of guanidine groups is 1. The first-order valence-corrected chi connectivity index (χ1v) is 12.8. The van der Waals surface area contributed by atoms with E-state index in [-0.39, 0.29) is 40.6 Å². The van der Waals surface area contributed by atoms with Gasteiger partial charge in [-0.2, -0.15) is 0 Å². The molecule has 1 atom stereocenters. The summed E-state index contributed by atoms with van der Waals surface area (Å²) in [6.45, 7) is 6.80. The monoisotopic (exact) mass is 535 g/mol. The van der Waals surface area contributed by atoms with E-state index in [4.69, 9.17) is 27.1 Å². The Balaban J connectivity index is 1.69. The molecule has 37 heavy (non-hydrogen) atoms. The van der Waals surface area contributed by atoms with E-state index in [2.05, 4.69) is 27.3 Å². The number of nitrogens with one attached hydrogen (secondary N) is 2. The Labute approximate surface area is 219 Å². The summed E-state index contributed by atoms with van der Waals surface area (Å²) < 4.78 is 36.7. The van der Waals surface area contributed by atoms with Crippen molar-refractivity contribution in [2.24, 2.45) is 21.6 Å². The van der Waals surface area contributed by atoms with Crippen molar-refractivity contribution in [1.82, 2.24) is 9.55 Å². The summed E-state index contributed by atoms with van der Waals surface area (Å²) in [5.41, 5.74) is 5.75. The number of ether oxygens (including phenoxy) is 1. The van der Waals surface area contributed by atoms with E-state index >= 15 is 0 Å². The predicted octanol–water partition coefficient (Wildman–Crippen LogP) is 5.12. The Bertz CT molecular complexity index is 1150. The molecule has 2 aliphatic rings. The van der Waals surface area contributed by atoms with Crippen LogP contribution in [0.3, 0.4) is 0 Å². The number of rotatable bonds is 6. The number of halogens is 3. The maximum Gasteiger partial charge on any atom is 0.223 e. The number of nitrogens with two attached hydrogens (primary N) is 1. The maximum absolute atomic E-state index is 14.6. The molecule has 4 rings (SSSR count). The maximum atomic E-state index is 14.6. The molecule has 2 heterocycles. The molecule has 1 aliphatic heterocycles. The molecule has 9 nitrogen and oxygen atoms in total. The molecule has 1 unspecified atom stereocenters. The number of nitrogens with zero attached hydrogens (tertiary/aromatic N) is 4. The first-order chi connectivity index (χ1) is 17.8. The first kappa shape index (κ1) is 27.0. The number of anilines is 3. The number of carbonyl (C=O) groups excluding carboxylic acids is 1. The van der Waals surface area contributed by atoms with Gasteiger partial charge in [-0.05, 0) is 70.7 Å². The van der Waals surface area contributed by atoms with Gasteiger partial charge in [0.25, 0.3) is 0 Å². The minimum atomic E-state index is -0.838. The van der Waals surface area contributed by atoms with Crippen LogP contribution in [0.1, 0.15) is 56.7 Å². The lowest BCUT2D eigenvalue weighted by atomic mass is 9.85. The molecular formula is C25H32ClF2N7O2. The lowest BCUT2D eigenvalue weighted by Gasteiger charge is -2.30. The summed E-state index contributed by atoms with van der Waals surface area (Å²) in [5, 5.41) is 6.02. The molecule has 1 aromatic carbocycles. The van der Waals surface area contributed by atoms with E-state index < -0.39 is 11.6 Å². The Morgan fingerprint density at radius 1 is 1.19 bits per heavy atom. The van der Waals surface area contributed by atoms with Crippen LogP contribution in [0.4, 0.5) is 26.2 Å². The van der Waals surface area contributed by atoms with Crippen molar-refractivity contribution in [3.8, 4) is 0 Å². The third kappa shape index (κ3) is 6.45. The highest BCUT2D eigenvalue weighted by atomic mass is 35.5. The topological polar surface area (TPSA) is 119 Å². The van der Waals surface area contributed by atoms with Crippen LogP contribution in [0.5, 0.6) is 0 Å². The number of amides is 1. The minimum Gasteiger partial charge on any atom is -0.381 e.